The fourth-order valence-corrected chi connectivity index (χ4v) is 2.12. The second-order valence-corrected chi connectivity index (χ2v) is 5.26. The number of carbonyl (C=O) groups excluding carboxylic acids is 4. The molecule has 0 saturated carbocycles. The lowest BCUT2D eigenvalue weighted by molar-refractivity contribution is -0.148. The number of oxime groups is 1. The highest BCUT2D eigenvalue weighted by molar-refractivity contribution is 7.14. The van der Waals surface area contributed by atoms with Crippen LogP contribution in [0.25, 0.3) is 0 Å². The number of ether oxygens (including phenoxy) is 3. The van der Waals surface area contributed by atoms with Crippen LogP contribution in [0.3, 0.4) is 0 Å². The van der Waals surface area contributed by atoms with Crippen LogP contribution in [0.5, 0.6) is 0 Å². The number of aromatic nitrogens is 1. The smallest absolute Gasteiger partial charge is 0.362 e. The van der Waals surface area contributed by atoms with Gasteiger partial charge >= 0.3 is 11.9 Å². The summed E-state index contributed by atoms with van der Waals surface area (Å²) in [7, 11) is 2.57. The molecule has 0 aromatic carbocycles. The normalized spacial score (nSPS) is 11.0. The maximum atomic E-state index is 12.0. The first-order chi connectivity index (χ1) is 12.4. The third-order valence-electron chi connectivity index (χ3n) is 2.47. The number of hydrogen-bond donors (Lipinski definition) is 1. The Kier molecular flexibility index (Phi) is 9.05. The minimum atomic E-state index is -0.922. The lowest BCUT2D eigenvalue weighted by atomic mass is 10.3. The summed E-state index contributed by atoms with van der Waals surface area (Å²) in [6.07, 6.45) is 0. The highest BCUT2D eigenvalue weighted by atomic mass is 32.1. The lowest BCUT2D eigenvalue weighted by Crippen LogP contribution is -2.26. The van der Waals surface area contributed by atoms with Gasteiger partial charge in [0.1, 0.15) is 18.9 Å². The lowest BCUT2D eigenvalue weighted by Gasteiger charge is -2.03. The molecule has 0 radical (unpaired) electrons. The van der Waals surface area contributed by atoms with Crippen LogP contribution >= 0.6 is 11.3 Å². The number of nitrogens with one attached hydrogen (secondary N) is 1. The summed E-state index contributed by atoms with van der Waals surface area (Å²) in [6.45, 7) is 0.901. The predicted molar refractivity (Wildman–Crippen MR) is 88.8 cm³/mol. The molecule has 0 saturated heterocycles. The van der Waals surface area contributed by atoms with Crippen molar-refractivity contribution in [3.8, 4) is 0 Å². The number of carbonyl (C=O) groups is 4. The summed E-state index contributed by atoms with van der Waals surface area (Å²) in [5, 5.41) is 7.12. The van der Waals surface area contributed by atoms with Gasteiger partial charge in [0.2, 0.25) is 11.5 Å². The van der Waals surface area contributed by atoms with E-state index in [1.807, 2.05) is 0 Å². The fraction of sp³-hybridized carbons (Fsp3) is 0.429. The zero-order valence-electron chi connectivity index (χ0n) is 14.3. The zero-order chi connectivity index (χ0) is 19.5. The number of esters is 1. The maximum absolute atomic E-state index is 12.0. The molecule has 0 spiro atoms. The van der Waals surface area contributed by atoms with Gasteiger partial charge in [0, 0.05) is 19.6 Å². The number of amides is 1. The van der Waals surface area contributed by atoms with E-state index < -0.39 is 23.6 Å². The molecule has 12 heteroatoms. The van der Waals surface area contributed by atoms with E-state index in [0.29, 0.717) is 0 Å². The molecule has 0 aliphatic heterocycles. The van der Waals surface area contributed by atoms with Crippen molar-refractivity contribution in [2.24, 2.45) is 5.16 Å². The summed E-state index contributed by atoms with van der Waals surface area (Å²) >= 11 is 0.932. The second-order valence-electron chi connectivity index (χ2n) is 4.40. The molecule has 11 nitrogen and oxygen atoms in total. The monoisotopic (exact) mass is 387 g/mol. The average molecular weight is 387 g/mol. The summed E-state index contributed by atoms with van der Waals surface area (Å²) < 4.78 is 14.0. The van der Waals surface area contributed by atoms with Gasteiger partial charge in [-0.15, -0.1) is 11.3 Å². The standard InChI is InChI=1S/C14H17N3O8S/c1-4-24-13(21)11(17-25-10(19)6-23-3)8-7-26-14(15-8)16-12(20)9(18)5-22-2/h7H,4-6H2,1-3H3,(H,15,16,20). The van der Waals surface area contributed by atoms with E-state index in [9.17, 15) is 19.2 Å². The molecule has 0 unspecified atom stereocenters. The number of methoxy groups -OCH3 is 2. The van der Waals surface area contributed by atoms with E-state index in [1.165, 1.54) is 19.6 Å². The highest BCUT2D eigenvalue weighted by Crippen LogP contribution is 2.17. The third kappa shape index (κ3) is 6.66. The molecule has 26 heavy (non-hydrogen) atoms. The fourth-order valence-electron chi connectivity index (χ4n) is 1.43. The van der Waals surface area contributed by atoms with Crippen LogP contribution in [0.4, 0.5) is 5.13 Å². The van der Waals surface area contributed by atoms with Gasteiger partial charge in [0.25, 0.3) is 5.91 Å². The van der Waals surface area contributed by atoms with Crippen molar-refractivity contribution in [2.45, 2.75) is 6.92 Å². The number of rotatable bonds is 10. The molecule has 1 aromatic rings. The van der Waals surface area contributed by atoms with Crippen LogP contribution in [-0.4, -0.2) is 68.4 Å². The van der Waals surface area contributed by atoms with Gasteiger partial charge in [0.05, 0.1) is 6.61 Å². The van der Waals surface area contributed by atoms with Gasteiger partial charge in [0.15, 0.2) is 5.13 Å². The Hall–Kier alpha value is -2.70. The van der Waals surface area contributed by atoms with Gasteiger partial charge in [-0.25, -0.2) is 14.6 Å². The Morgan fingerprint density at radius 3 is 2.50 bits per heavy atom. The van der Waals surface area contributed by atoms with Crippen LogP contribution in [0, 0.1) is 0 Å². The molecule has 0 fully saturated rings. The van der Waals surface area contributed by atoms with Gasteiger partial charge in [-0.1, -0.05) is 5.16 Å². The molecule has 142 valence electrons. The molecule has 0 bridgehead atoms. The van der Waals surface area contributed by atoms with Gasteiger partial charge < -0.3 is 19.0 Å². The van der Waals surface area contributed by atoms with E-state index in [0.717, 1.165) is 11.3 Å². The summed E-state index contributed by atoms with van der Waals surface area (Å²) in [5.41, 5.74) is -0.385. The largest absolute Gasteiger partial charge is 0.461 e. The summed E-state index contributed by atoms with van der Waals surface area (Å²) in [6, 6.07) is 0. The van der Waals surface area contributed by atoms with Crippen LogP contribution in [0.1, 0.15) is 12.6 Å². The topological polar surface area (TPSA) is 142 Å². The second kappa shape index (κ2) is 11.0. The van der Waals surface area contributed by atoms with Crippen molar-refractivity contribution < 1.29 is 38.2 Å². The van der Waals surface area contributed by atoms with E-state index >= 15 is 0 Å². The molecule has 1 amide bonds. The van der Waals surface area contributed by atoms with E-state index in [1.54, 1.807) is 6.92 Å². The Balaban J connectivity index is 2.94. The van der Waals surface area contributed by atoms with E-state index in [4.69, 9.17) is 4.74 Å². The van der Waals surface area contributed by atoms with Crippen molar-refractivity contribution in [1.82, 2.24) is 4.98 Å². The van der Waals surface area contributed by atoms with E-state index in [-0.39, 0.29) is 36.4 Å². The van der Waals surface area contributed by atoms with Crippen molar-refractivity contribution in [3.63, 3.8) is 0 Å². The SMILES string of the molecule is CCOC(=O)C(=NOC(=O)COC)c1csc(NC(=O)C(=O)COC)n1. The van der Waals surface area contributed by atoms with Crippen molar-refractivity contribution in [3.05, 3.63) is 11.1 Å². The molecule has 1 aromatic heterocycles. The van der Waals surface area contributed by atoms with Crippen LogP contribution in [0.15, 0.2) is 10.5 Å². The first-order valence-corrected chi connectivity index (χ1v) is 8.03. The molecular weight excluding hydrogens is 370 g/mol. The highest BCUT2D eigenvalue weighted by Gasteiger charge is 2.22. The van der Waals surface area contributed by atoms with Gasteiger partial charge in [-0.05, 0) is 6.92 Å². The van der Waals surface area contributed by atoms with Crippen molar-refractivity contribution in [2.75, 3.05) is 39.4 Å². The molecular formula is C14H17N3O8S. The zero-order valence-corrected chi connectivity index (χ0v) is 15.1. The predicted octanol–water partition coefficient (Wildman–Crippen LogP) is -0.246. The van der Waals surface area contributed by atoms with Gasteiger partial charge in [-0.2, -0.15) is 0 Å². The maximum Gasteiger partial charge on any atom is 0.362 e. The first-order valence-electron chi connectivity index (χ1n) is 7.15. The Labute approximate surface area is 152 Å². The number of ketones is 1. The number of Topliss-reactive ketones (excluding diaryl/α,β-unsaturated/α-hetero) is 1. The summed E-state index contributed by atoms with van der Waals surface area (Å²) in [5.74, 6) is -3.43. The Bertz CT molecular complexity index is 700. The Morgan fingerprint density at radius 1 is 1.19 bits per heavy atom. The number of anilines is 1. The molecule has 1 rings (SSSR count). The molecule has 1 N–H and O–H groups in total. The third-order valence-corrected chi connectivity index (χ3v) is 3.22. The number of nitrogens with zero attached hydrogens (tertiary/aromatic N) is 2. The molecule has 0 atom stereocenters. The Morgan fingerprint density at radius 2 is 1.88 bits per heavy atom. The van der Waals surface area contributed by atoms with Crippen LogP contribution in [-0.2, 0) is 38.2 Å². The number of thiazole rings is 1. The first kappa shape index (κ1) is 21.3. The molecule has 1 heterocycles. The quantitative estimate of drug-likeness (QED) is 0.189. The van der Waals surface area contributed by atoms with Crippen molar-refractivity contribution >= 4 is 45.8 Å². The summed E-state index contributed by atoms with van der Waals surface area (Å²) in [4.78, 5) is 54.8. The van der Waals surface area contributed by atoms with Crippen molar-refractivity contribution in [1.29, 1.82) is 0 Å². The van der Waals surface area contributed by atoms with E-state index in [2.05, 4.69) is 29.8 Å². The minimum absolute atomic E-state index is 0.00634. The van der Waals surface area contributed by atoms with Crippen LogP contribution < -0.4 is 5.32 Å². The average Bonchev–Trinajstić information content (AvgIpc) is 3.04. The molecule has 0 aliphatic rings. The van der Waals surface area contributed by atoms with Crippen LogP contribution in [0.2, 0.25) is 0 Å². The van der Waals surface area contributed by atoms with Gasteiger partial charge in [-0.3, -0.25) is 14.9 Å². The number of hydrogen-bond acceptors (Lipinski definition) is 11. The minimum Gasteiger partial charge on any atom is -0.461 e. The molecule has 0 aliphatic carbocycles.